The zero-order valence-electron chi connectivity index (χ0n) is 14.3. The van der Waals surface area contributed by atoms with Crippen molar-refractivity contribution in [2.75, 3.05) is 26.2 Å². The third-order valence-corrected chi connectivity index (χ3v) is 7.01. The summed E-state index contributed by atoms with van der Waals surface area (Å²) in [7, 11) is -3.54. The van der Waals surface area contributed by atoms with Gasteiger partial charge in [0.05, 0.1) is 16.5 Å². The Labute approximate surface area is 149 Å². The van der Waals surface area contributed by atoms with Gasteiger partial charge in [-0.1, -0.05) is 36.4 Å². The Bertz CT molecular complexity index is 852. The van der Waals surface area contributed by atoms with E-state index in [1.807, 2.05) is 18.2 Å². The lowest BCUT2D eigenvalue weighted by atomic mass is 9.81. The van der Waals surface area contributed by atoms with E-state index in [9.17, 15) is 8.42 Å². The smallest absolute Gasteiger partial charge is 0.221 e. The van der Waals surface area contributed by atoms with Crippen molar-refractivity contribution < 1.29 is 8.42 Å². The van der Waals surface area contributed by atoms with Crippen LogP contribution in [0, 0.1) is 0 Å². The molecule has 4 rings (SSSR count). The number of benzene rings is 1. The minimum Gasteiger partial charge on any atom is -0.364 e. The molecule has 6 heteroatoms. The molecule has 132 valence electrons. The van der Waals surface area contributed by atoms with Crippen molar-refractivity contribution in [2.45, 2.75) is 23.4 Å². The molecule has 1 aliphatic carbocycles. The summed E-state index contributed by atoms with van der Waals surface area (Å²) in [6, 6.07) is 8.74. The van der Waals surface area contributed by atoms with Crippen LogP contribution in [0.1, 0.15) is 6.92 Å². The molecule has 3 aliphatic rings. The van der Waals surface area contributed by atoms with E-state index in [4.69, 9.17) is 0 Å². The SMILES string of the molecule is CC12NC(S(=O)(=O)c3ccccc3)=CC1=CC=CC2N1CCNCC1. The molecule has 2 N–H and O–H groups in total. The van der Waals surface area contributed by atoms with Crippen LogP contribution in [0.15, 0.2) is 70.1 Å². The second kappa shape index (κ2) is 6.12. The molecule has 0 radical (unpaired) electrons. The zero-order valence-corrected chi connectivity index (χ0v) is 15.1. The summed E-state index contributed by atoms with van der Waals surface area (Å²) in [5.74, 6) is 0. The molecule has 25 heavy (non-hydrogen) atoms. The Kier molecular flexibility index (Phi) is 4.06. The van der Waals surface area contributed by atoms with Gasteiger partial charge >= 0.3 is 0 Å². The molecular weight excluding hydrogens is 334 g/mol. The summed E-state index contributed by atoms with van der Waals surface area (Å²) < 4.78 is 26.0. The molecule has 0 saturated carbocycles. The van der Waals surface area contributed by atoms with Crippen LogP contribution in [-0.4, -0.2) is 51.1 Å². The van der Waals surface area contributed by atoms with Gasteiger partial charge in [-0.2, -0.15) is 0 Å². The Morgan fingerprint density at radius 2 is 1.88 bits per heavy atom. The highest BCUT2D eigenvalue weighted by atomic mass is 32.2. The van der Waals surface area contributed by atoms with Gasteiger partial charge in [0.1, 0.15) is 5.03 Å². The largest absolute Gasteiger partial charge is 0.364 e. The van der Waals surface area contributed by atoms with Gasteiger partial charge in [0.15, 0.2) is 0 Å². The molecule has 2 heterocycles. The van der Waals surface area contributed by atoms with Crippen LogP contribution < -0.4 is 10.6 Å². The molecule has 0 amide bonds. The third kappa shape index (κ3) is 2.74. The van der Waals surface area contributed by atoms with E-state index >= 15 is 0 Å². The lowest BCUT2D eigenvalue weighted by Crippen LogP contribution is -2.61. The highest BCUT2D eigenvalue weighted by Gasteiger charge is 2.46. The molecule has 1 aromatic carbocycles. The normalized spacial score (nSPS) is 29.6. The number of hydrogen-bond acceptors (Lipinski definition) is 5. The standard InChI is InChI=1S/C19H23N3O2S/c1-19-15(6-5-9-17(19)22-12-10-20-11-13-22)14-18(21-19)25(23,24)16-7-3-2-4-8-16/h2-9,14,17,20-21H,10-13H2,1H3. The van der Waals surface area contributed by atoms with Crippen molar-refractivity contribution >= 4 is 9.84 Å². The molecule has 0 bridgehead atoms. The summed E-state index contributed by atoms with van der Waals surface area (Å²) in [6.07, 6.45) is 8.02. The predicted molar refractivity (Wildman–Crippen MR) is 98.7 cm³/mol. The van der Waals surface area contributed by atoms with Crippen molar-refractivity contribution in [1.29, 1.82) is 0 Å². The molecular formula is C19H23N3O2S. The maximum atomic E-state index is 13.0. The van der Waals surface area contributed by atoms with E-state index in [-0.39, 0.29) is 11.1 Å². The Balaban J connectivity index is 1.67. The average Bonchev–Trinajstić information content (AvgIpc) is 3.01. The summed E-state index contributed by atoms with van der Waals surface area (Å²) in [5.41, 5.74) is 0.594. The van der Waals surface area contributed by atoms with Crippen LogP contribution in [0.3, 0.4) is 0 Å². The Hall–Kier alpha value is -1.89. The van der Waals surface area contributed by atoms with Gasteiger partial charge in [-0.15, -0.1) is 0 Å². The van der Waals surface area contributed by atoms with Crippen molar-refractivity contribution in [3.05, 3.63) is 65.2 Å². The summed E-state index contributed by atoms with van der Waals surface area (Å²) in [5, 5.41) is 7.01. The van der Waals surface area contributed by atoms with E-state index in [0.717, 1.165) is 31.8 Å². The first-order valence-electron chi connectivity index (χ1n) is 8.65. The number of nitrogens with one attached hydrogen (secondary N) is 2. The van der Waals surface area contributed by atoms with Gasteiger partial charge in [0.25, 0.3) is 0 Å². The molecule has 5 nitrogen and oxygen atoms in total. The lowest BCUT2D eigenvalue weighted by molar-refractivity contribution is 0.149. The fourth-order valence-corrected chi connectivity index (χ4v) is 5.29. The van der Waals surface area contributed by atoms with Gasteiger partial charge in [0, 0.05) is 26.2 Å². The Morgan fingerprint density at radius 3 is 2.60 bits per heavy atom. The van der Waals surface area contributed by atoms with Crippen molar-refractivity contribution in [3.8, 4) is 0 Å². The van der Waals surface area contributed by atoms with Crippen molar-refractivity contribution in [1.82, 2.24) is 15.5 Å². The molecule has 2 unspecified atom stereocenters. The Morgan fingerprint density at radius 1 is 1.16 bits per heavy atom. The first kappa shape index (κ1) is 16.6. The van der Waals surface area contributed by atoms with Crippen molar-refractivity contribution in [2.24, 2.45) is 0 Å². The minimum atomic E-state index is -3.54. The maximum Gasteiger partial charge on any atom is 0.221 e. The fraction of sp³-hybridized carbons (Fsp3) is 0.368. The topological polar surface area (TPSA) is 61.4 Å². The van der Waals surface area contributed by atoms with Gasteiger partial charge in [-0.25, -0.2) is 8.42 Å². The summed E-state index contributed by atoms with van der Waals surface area (Å²) >= 11 is 0. The van der Waals surface area contributed by atoms with Crippen LogP contribution in [0.25, 0.3) is 0 Å². The van der Waals surface area contributed by atoms with Gasteiger partial charge in [0.2, 0.25) is 9.84 Å². The van der Waals surface area contributed by atoms with Crippen molar-refractivity contribution in [3.63, 3.8) is 0 Å². The number of nitrogens with zero attached hydrogens (tertiary/aromatic N) is 1. The summed E-state index contributed by atoms with van der Waals surface area (Å²) in [6.45, 7) is 5.93. The quantitative estimate of drug-likeness (QED) is 0.857. The molecule has 0 spiro atoms. The minimum absolute atomic E-state index is 0.134. The molecule has 1 saturated heterocycles. The molecule has 2 atom stereocenters. The first-order chi connectivity index (χ1) is 12.0. The van der Waals surface area contributed by atoms with E-state index in [1.54, 1.807) is 30.3 Å². The van der Waals surface area contributed by atoms with Gasteiger partial charge < -0.3 is 10.6 Å². The average molecular weight is 357 g/mol. The maximum absolute atomic E-state index is 13.0. The van der Waals surface area contributed by atoms with E-state index in [2.05, 4.69) is 28.5 Å². The monoisotopic (exact) mass is 357 g/mol. The molecule has 1 aromatic rings. The van der Waals surface area contributed by atoms with E-state index < -0.39 is 15.4 Å². The predicted octanol–water partition coefficient (Wildman–Crippen LogP) is 1.43. The number of fused-ring (bicyclic) bond motifs is 1. The highest BCUT2D eigenvalue weighted by Crippen LogP contribution is 2.38. The highest BCUT2D eigenvalue weighted by molar-refractivity contribution is 7.95. The third-order valence-electron chi connectivity index (χ3n) is 5.32. The van der Waals surface area contributed by atoms with Crippen LogP contribution >= 0.6 is 0 Å². The molecule has 1 fully saturated rings. The summed E-state index contributed by atoms with van der Waals surface area (Å²) in [4.78, 5) is 2.74. The van der Waals surface area contributed by atoms with Crippen LogP contribution in [0.4, 0.5) is 0 Å². The zero-order chi connectivity index (χ0) is 17.5. The van der Waals surface area contributed by atoms with Gasteiger partial charge in [-0.05, 0) is 30.7 Å². The first-order valence-corrected chi connectivity index (χ1v) is 10.1. The number of sulfone groups is 1. The lowest BCUT2D eigenvalue weighted by Gasteiger charge is -2.45. The second-order valence-electron chi connectivity index (χ2n) is 6.89. The second-order valence-corrected chi connectivity index (χ2v) is 8.81. The van der Waals surface area contributed by atoms with Gasteiger partial charge in [-0.3, -0.25) is 4.90 Å². The van der Waals surface area contributed by atoms with E-state index in [1.165, 1.54) is 0 Å². The number of piperazine rings is 1. The number of allylic oxidation sites excluding steroid dienone is 2. The van der Waals surface area contributed by atoms with Crippen LogP contribution in [-0.2, 0) is 9.84 Å². The molecule has 2 aliphatic heterocycles. The van der Waals surface area contributed by atoms with E-state index in [0.29, 0.717) is 4.90 Å². The van der Waals surface area contributed by atoms with Crippen LogP contribution in [0.2, 0.25) is 0 Å². The molecule has 0 aromatic heterocycles. The fourth-order valence-electron chi connectivity index (χ4n) is 3.90. The number of hydrogen-bond donors (Lipinski definition) is 2. The number of rotatable bonds is 3. The van der Waals surface area contributed by atoms with Crippen LogP contribution in [0.5, 0.6) is 0 Å².